The zero-order chi connectivity index (χ0) is 38.5. The van der Waals surface area contributed by atoms with E-state index in [0.717, 1.165) is 23.3 Å². The van der Waals surface area contributed by atoms with Gasteiger partial charge in [0.1, 0.15) is 23.0 Å². The first-order valence-electron chi connectivity index (χ1n) is 16.9. The van der Waals surface area contributed by atoms with E-state index < -0.39 is 39.6 Å². The maximum absolute atomic E-state index is 14.1. The highest BCUT2D eigenvalue weighted by molar-refractivity contribution is 7.89. The predicted octanol–water partition coefficient (Wildman–Crippen LogP) is 9.18. The number of rotatable bonds is 14. The maximum atomic E-state index is 14.1. The number of amides is 2. The number of anilines is 1. The molecule has 5 aromatic rings. The zero-order valence-corrected chi connectivity index (χ0v) is 30.9. The second-order valence-corrected chi connectivity index (χ2v) is 15.1. The van der Waals surface area contributed by atoms with Gasteiger partial charge in [0.25, 0.3) is 0 Å². The van der Waals surface area contributed by atoms with E-state index >= 15 is 0 Å². The highest BCUT2D eigenvalue weighted by atomic mass is 35.5. The van der Waals surface area contributed by atoms with Crippen molar-refractivity contribution in [3.05, 3.63) is 149 Å². The lowest BCUT2D eigenvalue weighted by Gasteiger charge is -2.25. The van der Waals surface area contributed by atoms with Crippen LogP contribution in [0.15, 0.2) is 121 Å². The standard InChI is InChI=1S/C40H37ClF3N3O6S/c1-51-34-14-6-28(7-15-34)25-46(26-29-8-16-35(52-2)17-9-29)54(49,50)23-22-45-27-38(30-4-3-5-31(24-30)40(42,43)44)47(39(45)48)33-12-20-37(21-13-33)53-36-18-10-32(41)11-19-36/h3-21,24,38H,22-23,25-27H2,1-2H3. The number of alkyl halides is 3. The Kier molecular flexibility index (Phi) is 11.7. The summed E-state index contributed by atoms with van der Waals surface area (Å²) >= 11 is 5.98. The second kappa shape index (κ2) is 16.4. The molecule has 282 valence electrons. The van der Waals surface area contributed by atoms with Gasteiger partial charge in [-0.3, -0.25) is 4.90 Å². The highest BCUT2D eigenvalue weighted by Crippen LogP contribution is 2.38. The van der Waals surface area contributed by atoms with E-state index in [1.165, 1.54) is 26.2 Å². The number of ether oxygens (including phenoxy) is 3. The molecule has 0 N–H and O–H groups in total. The topological polar surface area (TPSA) is 88.6 Å². The lowest BCUT2D eigenvalue weighted by molar-refractivity contribution is -0.137. The van der Waals surface area contributed by atoms with Gasteiger partial charge < -0.3 is 19.1 Å². The Morgan fingerprint density at radius 3 is 1.80 bits per heavy atom. The third-order valence-electron chi connectivity index (χ3n) is 8.99. The van der Waals surface area contributed by atoms with Crippen molar-refractivity contribution in [1.29, 1.82) is 0 Å². The van der Waals surface area contributed by atoms with E-state index in [-0.39, 0.29) is 31.7 Å². The molecule has 14 heteroatoms. The number of methoxy groups -OCH3 is 2. The molecule has 1 atom stereocenters. The fraction of sp³-hybridized carbons (Fsp3) is 0.225. The Bertz CT molecular complexity index is 2100. The third kappa shape index (κ3) is 9.27. The maximum Gasteiger partial charge on any atom is 0.416 e. The van der Waals surface area contributed by atoms with Gasteiger partial charge in [-0.15, -0.1) is 0 Å². The Hall–Kier alpha value is -5.24. The van der Waals surface area contributed by atoms with Crippen molar-refractivity contribution in [2.45, 2.75) is 25.3 Å². The van der Waals surface area contributed by atoms with Gasteiger partial charge in [-0.2, -0.15) is 17.5 Å². The first-order chi connectivity index (χ1) is 25.8. The molecular weight excluding hydrogens is 743 g/mol. The SMILES string of the molecule is COc1ccc(CN(Cc2ccc(OC)cc2)S(=O)(=O)CCN2CC(c3cccc(C(F)(F)F)c3)N(c3ccc(Oc4ccc(Cl)cc4)cc3)C2=O)cc1. The lowest BCUT2D eigenvalue weighted by Crippen LogP contribution is -2.39. The number of carbonyl (C=O) groups is 1. The molecule has 1 fully saturated rings. The van der Waals surface area contributed by atoms with Crippen molar-refractivity contribution in [1.82, 2.24) is 9.21 Å². The quantitative estimate of drug-likeness (QED) is 0.112. The molecule has 1 unspecified atom stereocenters. The smallest absolute Gasteiger partial charge is 0.416 e. The fourth-order valence-corrected chi connectivity index (χ4v) is 7.62. The largest absolute Gasteiger partial charge is 0.497 e. The molecule has 0 saturated carbocycles. The molecule has 1 heterocycles. The summed E-state index contributed by atoms with van der Waals surface area (Å²) in [5.41, 5.74) is 1.25. The molecule has 54 heavy (non-hydrogen) atoms. The number of carbonyl (C=O) groups excluding carboxylic acids is 1. The van der Waals surface area contributed by atoms with Crippen molar-refractivity contribution in [2.75, 3.05) is 38.0 Å². The van der Waals surface area contributed by atoms with Gasteiger partial charge in [0, 0.05) is 36.9 Å². The van der Waals surface area contributed by atoms with Gasteiger partial charge in [0.2, 0.25) is 10.0 Å². The summed E-state index contributed by atoms with van der Waals surface area (Å²) < 4.78 is 87.3. The number of nitrogens with zero attached hydrogens (tertiary/aromatic N) is 3. The molecule has 5 aromatic carbocycles. The van der Waals surface area contributed by atoms with E-state index in [9.17, 15) is 26.4 Å². The molecule has 0 aliphatic carbocycles. The number of benzene rings is 5. The Morgan fingerprint density at radius 1 is 0.759 bits per heavy atom. The van der Waals surface area contributed by atoms with E-state index in [4.69, 9.17) is 25.8 Å². The molecule has 0 spiro atoms. The zero-order valence-electron chi connectivity index (χ0n) is 29.4. The first-order valence-corrected chi connectivity index (χ1v) is 18.8. The van der Waals surface area contributed by atoms with Crippen LogP contribution in [0.2, 0.25) is 5.02 Å². The number of hydrogen-bond donors (Lipinski definition) is 0. The molecule has 0 bridgehead atoms. The third-order valence-corrected chi connectivity index (χ3v) is 11.0. The molecule has 1 aliphatic heterocycles. The summed E-state index contributed by atoms with van der Waals surface area (Å²) in [6.45, 7) is -0.145. The summed E-state index contributed by atoms with van der Waals surface area (Å²) in [4.78, 5) is 16.9. The van der Waals surface area contributed by atoms with Crippen LogP contribution in [0, 0.1) is 0 Å². The van der Waals surface area contributed by atoms with Crippen LogP contribution in [0.5, 0.6) is 23.0 Å². The normalized spacial score (nSPS) is 14.8. The molecule has 2 amide bonds. The van der Waals surface area contributed by atoms with Gasteiger partial charge in [0.05, 0.1) is 31.6 Å². The monoisotopic (exact) mass is 779 g/mol. The van der Waals surface area contributed by atoms with E-state index in [2.05, 4.69) is 0 Å². The summed E-state index contributed by atoms with van der Waals surface area (Å²) in [6.07, 6.45) is -4.60. The number of hydrogen-bond acceptors (Lipinski definition) is 6. The molecular formula is C40H37ClF3N3O6S. The van der Waals surface area contributed by atoms with Crippen LogP contribution in [0.4, 0.5) is 23.7 Å². The average molecular weight is 780 g/mol. The van der Waals surface area contributed by atoms with Crippen LogP contribution in [-0.4, -0.2) is 56.7 Å². The molecule has 0 aromatic heterocycles. The van der Waals surface area contributed by atoms with Crippen molar-refractivity contribution in [3.8, 4) is 23.0 Å². The van der Waals surface area contributed by atoms with Crippen molar-refractivity contribution in [2.24, 2.45) is 0 Å². The Labute approximate surface area is 317 Å². The highest BCUT2D eigenvalue weighted by Gasteiger charge is 2.41. The minimum Gasteiger partial charge on any atom is -0.497 e. The van der Waals surface area contributed by atoms with Gasteiger partial charge in [-0.25, -0.2) is 13.2 Å². The summed E-state index contributed by atoms with van der Waals surface area (Å²) in [5, 5.41) is 0.547. The number of urea groups is 1. The van der Waals surface area contributed by atoms with E-state index in [1.54, 1.807) is 111 Å². The minimum absolute atomic E-state index is 0.0460. The van der Waals surface area contributed by atoms with E-state index in [0.29, 0.717) is 33.7 Å². The fourth-order valence-electron chi connectivity index (χ4n) is 6.10. The predicted molar refractivity (Wildman–Crippen MR) is 201 cm³/mol. The van der Waals surface area contributed by atoms with Crippen molar-refractivity contribution in [3.63, 3.8) is 0 Å². The van der Waals surface area contributed by atoms with Gasteiger partial charge >= 0.3 is 12.2 Å². The Morgan fingerprint density at radius 2 is 1.28 bits per heavy atom. The van der Waals surface area contributed by atoms with Crippen molar-refractivity contribution >= 4 is 33.3 Å². The number of sulfonamides is 1. The first kappa shape index (κ1) is 38.5. The Balaban J connectivity index is 1.26. The minimum atomic E-state index is -4.60. The second-order valence-electron chi connectivity index (χ2n) is 12.6. The summed E-state index contributed by atoms with van der Waals surface area (Å²) in [5.74, 6) is 1.81. The van der Waals surface area contributed by atoms with Gasteiger partial charge in [-0.05, 0) is 102 Å². The van der Waals surface area contributed by atoms with Crippen LogP contribution < -0.4 is 19.1 Å². The van der Waals surface area contributed by atoms with Gasteiger partial charge in [0.15, 0.2) is 0 Å². The molecule has 1 saturated heterocycles. The molecule has 6 rings (SSSR count). The number of halogens is 4. The summed E-state index contributed by atoms with van der Waals surface area (Å²) in [7, 11) is -0.921. The van der Waals surface area contributed by atoms with E-state index in [1.807, 2.05) is 0 Å². The van der Waals surface area contributed by atoms with Crippen LogP contribution in [-0.2, 0) is 29.3 Å². The van der Waals surface area contributed by atoms with Gasteiger partial charge in [-0.1, -0.05) is 48.0 Å². The molecule has 9 nitrogen and oxygen atoms in total. The molecule has 0 radical (unpaired) electrons. The van der Waals surface area contributed by atoms with Crippen molar-refractivity contribution < 1.29 is 40.6 Å². The molecule has 1 aliphatic rings. The van der Waals surface area contributed by atoms with Crippen LogP contribution in [0.1, 0.15) is 28.3 Å². The lowest BCUT2D eigenvalue weighted by atomic mass is 10.0. The summed E-state index contributed by atoms with van der Waals surface area (Å²) in [6, 6.07) is 30.8. The van der Waals surface area contributed by atoms with Crippen LogP contribution >= 0.6 is 11.6 Å². The van der Waals surface area contributed by atoms with Crippen LogP contribution in [0.25, 0.3) is 0 Å². The van der Waals surface area contributed by atoms with Crippen LogP contribution in [0.3, 0.4) is 0 Å². The average Bonchev–Trinajstić information content (AvgIpc) is 3.51.